The number of aryl methyl sites for hydroxylation is 1. The zero-order chi connectivity index (χ0) is 23.5. The van der Waals surface area contributed by atoms with Crippen molar-refractivity contribution >= 4 is 28.1 Å². The Kier molecular flexibility index (Phi) is 6.62. The van der Waals surface area contributed by atoms with E-state index < -0.39 is 0 Å². The highest BCUT2D eigenvalue weighted by molar-refractivity contribution is 7.17. The fourth-order valence-corrected chi connectivity index (χ4v) is 5.48. The monoisotopic (exact) mass is 475 g/mol. The van der Waals surface area contributed by atoms with Crippen LogP contribution >= 0.6 is 11.3 Å². The van der Waals surface area contributed by atoms with Crippen molar-refractivity contribution in [3.63, 3.8) is 0 Å². The Balaban J connectivity index is 1.39. The predicted molar refractivity (Wildman–Crippen MR) is 137 cm³/mol. The second kappa shape index (κ2) is 9.97. The van der Waals surface area contributed by atoms with E-state index >= 15 is 0 Å². The maximum Gasteiger partial charge on any atom is 0.320 e. The Bertz CT molecular complexity index is 1250. The number of amides is 2. The van der Waals surface area contributed by atoms with Crippen molar-refractivity contribution in [1.29, 1.82) is 0 Å². The topological polar surface area (TPSA) is 70.9 Å². The molecule has 8 heteroatoms. The maximum absolute atomic E-state index is 13.3. The second-order valence-electron chi connectivity index (χ2n) is 8.64. The minimum absolute atomic E-state index is 0.00736. The van der Waals surface area contributed by atoms with Crippen LogP contribution in [0.4, 0.5) is 10.6 Å². The van der Waals surface area contributed by atoms with Gasteiger partial charge in [-0.05, 0) is 12.5 Å². The Morgan fingerprint density at radius 1 is 1.12 bits per heavy atom. The molecule has 34 heavy (non-hydrogen) atoms. The molecular weight excluding hydrogens is 446 g/mol. The number of benzene rings is 2. The largest absolute Gasteiger partial charge is 0.383 e. The first-order valence-electron chi connectivity index (χ1n) is 11.5. The van der Waals surface area contributed by atoms with E-state index in [9.17, 15) is 4.79 Å². The molecule has 3 heterocycles. The molecule has 5 rings (SSSR count). The van der Waals surface area contributed by atoms with Crippen LogP contribution in [0.5, 0.6) is 0 Å². The van der Waals surface area contributed by atoms with Crippen LogP contribution in [0.25, 0.3) is 16.2 Å². The summed E-state index contributed by atoms with van der Waals surface area (Å²) in [7, 11) is 1.72. The van der Waals surface area contributed by atoms with Gasteiger partial charge in [-0.25, -0.2) is 9.78 Å². The summed E-state index contributed by atoms with van der Waals surface area (Å²) in [5.41, 5.74) is 2.98. The molecule has 2 aromatic carbocycles. The summed E-state index contributed by atoms with van der Waals surface area (Å²) in [5, 5.41) is 6.37. The van der Waals surface area contributed by atoms with E-state index in [4.69, 9.17) is 9.72 Å². The lowest BCUT2D eigenvalue weighted by Gasteiger charge is -2.20. The Labute approximate surface area is 203 Å². The van der Waals surface area contributed by atoms with Gasteiger partial charge in [0.25, 0.3) is 0 Å². The van der Waals surface area contributed by atoms with E-state index in [2.05, 4.69) is 39.8 Å². The molecule has 1 aliphatic heterocycles. The van der Waals surface area contributed by atoms with E-state index in [1.54, 1.807) is 18.4 Å². The third-order valence-corrected chi connectivity index (χ3v) is 7.17. The number of imidazole rings is 1. The van der Waals surface area contributed by atoms with Crippen molar-refractivity contribution in [2.45, 2.75) is 18.9 Å². The third-order valence-electron chi connectivity index (χ3n) is 6.27. The standard InChI is InChI=1S/C26H29N5O2S/c1-18-15-31-24(23(28-26(31)34-18)20-11-7-4-8-12-20)29-25(32)27-22-17-30(13-14-33-2)16-21(22)19-9-5-3-6-10-19/h3-12,15,21-22H,13-14,16-17H2,1-2H3,(H2,27,29,32)/t21-,22+/m1/s1. The molecule has 2 atom stereocenters. The summed E-state index contributed by atoms with van der Waals surface area (Å²) >= 11 is 1.61. The van der Waals surface area contributed by atoms with Crippen molar-refractivity contribution < 1.29 is 9.53 Å². The number of urea groups is 1. The lowest BCUT2D eigenvalue weighted by molar-refractivity contribution is 0.159. The minimum Gasteiger partial charge on any atom is -0.383 e. The fraction of sp³-hybridized carbons (Fsp3) is 0.308. The van der Waals surface area contributed by atoms with Gasteiger partial charge in [-0.15, -0.1) is 11.3 Å². The van der Waals surface area contributed by atoms with Gasteiger partial charge < -0.3 is 10.1 Å². The van der Waals surface area contributed by atoms with Gasteiger partial charge in [0.05, 0.1) is 12.6 Å². The van der Waals surface area contributed by atoms with Gasteiger partial charge in [-0.1, -0.05) is 60.7 Å². The molecule has 2 N–H and O–H groups in total. The van der Waals surface area contributed by atoms with E-state index in [1.807, 2.05) is 53.9 Å². The molecule has 176 valence electrons. The van der Waals surface area contributed by atoms with Crippen LogP contribution in [0.1, 0.15) is 16.4 Å². The molecule has 2 amide bonds. The number of rotatable bonds is 7. The molecule has 1 fully saturated rings. The number of fused-ring (bicyclic) bond motifs is 1. The van der Waals surface area contributed by atoms with E-state index in [0.29, 0.717) is 12.4 Å². The van der Waals surface area contributed by atoms with Crippen LogP contribution in [0.15, 0.2) is 66.9 Å². The van der Waals surface area contributed by atoms with Crippen molar-refractivity contribution in [3.05, 3.63) is 77.3 Å². The number of hydrogen-bond donors (Lipinski definition) is 2. The van der Waals surface area contributed by atoms with Crippen molar-refractivity contribution in [2.75, 3.05) is 38.7 Å². The van der Waals surface area contributed by atoms with Gasteiger partial charge in [-0.2, -0.15) is 0 Å². The molecule has 4 aromatic rings. The number of aromatic nitrogens is 2. The minimum atomic E-state index is -0.220. The van der Waals surface area contributed by atoms with Gasteiger partial charge >= 0.3 is 6.03 Å². The molecule has 7 nitrogen and oxygen atoms in total. The molecule has 0 saturated carbocycles. The molecule has 1 saturated heterocycles. The number of nitrogens with one attached hydrogen (secondary N) is 2. The molecule has 2 aromatic heterocycles. The van der Waals surface area contributed by atoms with Crippen molar-refractivity contribution in [1.82, 2.24) is 19.6 Å². The molecule has 0 spiro atoms. The number of ether oxygens (including phenoxy) is 1. The molecular formula is C26H29N5O2S. The predicted octanol–water partition coefficient (Wildman–Crippen LogP) is 4.61. The zero-order valence-corrected chi connectivity index (χ0v) is 20.2. The average molecular weight is 476 g/mol. The number of thiazole rings is 1. The van der Waals surface area contributed by atoms with Crippen LogP contribution < -0.4 is 10.6 Å². The molecule has 1 aliphatic rings. The van der Waals surface area contributed by atoms with Gasteiger partial charge in [0, 0.05) is 49.3 Å². The highest BCUT2D eigenvalue weighted by Gasteiger charge is 2.35. The lowest BCUT2D eigenvalue weighted by Crippen LogP contribution is -2.42. The highest BCUT2D eigenvalue weighted by Crippen LogP contribution is 2.32. The van der Waals surface area contributed by atoms with Gasteiger partial charge in [0.15, 0.2) is 4.96 Å². The summed E-state index contributed by atoms with van der Waals surface area (Å²) in [6.45, 7) is 5.22. The maximum atomic E-state index is 13.3. The molecule has 0 bridgehead atoms. The van der Waals surface area contributed by atoms with Crippen LogP contribution in [0.2, 0.25) is 0 Å². The Morgan fingerprint density at radius 2 is 1.85 bits per heavy atom. The van der Waals surface area contributed by atoms with Gasteiger partial charge in [-0.3, -0.25) is 14.6 Å². The number of methoxy groups -OCH3 is 1. The highest BCUT2D eigenvalue weighted by atomic mass is 32.1. The van der Waals surface area contributed by atoms with Crippen LogP contribution in [-0.2, 0) is 4.74 Å². The lowest BCUT2D eigenvalue weighted by atomic mass is 9.94. The molecule has 0 unspecified atom stereocenters. The third kappa shape index (κ3) is 4.70. The van der Waals surface area contributed by atoms with Crippen LogP contribution in [0.3, 0.4) is 0 Å². The number of hydrogen-bond acceptors (Lipinski definition) is 5. The Hall–Kier alpha value is -3.20. The normalized spacial score (nSPS) is 18.4. The summed E-state index contributed by atoms with van der Waals surface area (Å²) in [6, 6.07) is 20.1. The quantitative estimate of drug-likeness (QED) is 0.410. The van der Waals surface area contributed by atoms with Crippen molar-refractivity contribution in [2.24, 2.45) is 0 Å². The first-order valence-corrected chi connectivity index (χ1v) is 12.3. The first kappa shape index (κ1) is 22.6. The summed E-state index contributed by atoms with van der Waals surface area (Å²) in [4.78, 5) is 22.5. The fourth-order valence-electron chi connectivity index (χ4n) is 4.66. The zero-order valence-electron chi connectivity index (χ0n) is 19.4. The summed E-state index contributed by atoms with van der Waals surface area (Å²) in [6.07, 6.45) is 2.02. The molecule has 0 radical (unpaired) electrons. The van der Waals surface area contributed by atoms with E-state index in [0.717, 1.165) is 40.7 Å². The summed E-state index contributed by atoms with van der Waals surface area (Å²) < 4.78 is 7.25. The first-order chi connectivity index (χ1) is 16.6. The number of anilines is 1. The van der Waals surface area contributed by atoms with Crippen LogP contribution in [-0.4, -0.2) is 59.7 Å². The van der Waals surface area contributed by atoms with Crippen LogP contribution in [0, 0.1) is 6.92 Å². The average Bonchev–Trinajstić information content (AvgIpc) is 3.52. The Morgan fingerprint density at radius 3 is 2.59 bits per heavy atom. The number of likely N-dealkylation sites (tertiary alicyclic amines) is 1. The smallest absolute Gasteiger partial charge is 0.320 e. The SMILES string of the molecule is COCCN1C[C@H](NC(=O)Nc2c(-c3ccccc3)nc3sc(C)cn23)[C@@H](c2ccccc2)C1. The second-order valence-corrected chi connectivity index (χ2v) is 9.86. The number of carbonyl (C=O) groups excluding carboxylic acids is 1. The van der Waals surface area contributed by atoms with E-state index in [1.165, 1.54) is 5.56 Å². The number of carbonyl (C=O) groups is 1. The van der Waals surface area contributed by atoms with Gasteiger partial charge in [0.2, 0.25) is 0 Å². The van der Waals surface area contributed by atoms with Gasteiger partial charge in [0.1, 0.15) is 11.5 Å². The number of nitrogens with zero attached hydrogens (tertiary/aromatic N) is 3. The van der Waals surface area contributed by atoms with E-state index in [-0.39, 0.29) is 18.0 Å². The molecule has 0 aliphatic carbocycles. The summed E-state index contributed by atoms with van der Waals surface area (Å²) in [5.74, 6) is 0.903. The van der Waals surface area contributed by atoms with Crippen molar-refractivity contribution in [3.8, 4) is 11.3 Å².